The molecule has 1 saturated carbocycles. The first-order valence-corrected chi connectivity index (χ1v) is 5.46. The number of thiocarbonyl (C=S) groups is 1. The molecular formula is C10H18N2O2S. The minimum atomic E-state index is -0.986. The smallest absolute Gasteiger partial charge is 0.414 e. The molecule has 0 unspecified atom stereocenters. The molecule has 5 heteroatoms. The molecule has 0 aliphatic heterocycles. The average molecular weight is 230 g/mol. The predicted octanol–water partition coefficient (Wildman–Crippen LogP) is 2.14. The van der Waals surface area contributed by atoms with Crippen LogP contribution in [0.4, 0.5) is 4.79 Å². The van der Waals surface area contributed by atoms with Crippen LogP contribution in [0.3, 0.4) is 0 Å². The standard InChI is InChI=1S/C10H18N2O2S/c1-10(2,3)12(9(13)14)8(15)11(4)7-5-6-7/h7H,5-6H2,1-4H3,(H,13,14). The molecule has 1 N–H and O–H groups in total. The van der Waals surface area contributed by atoms with Crippen LogP contribution in [0.5, 0.6) is 0 Å². The molecule has 0 spiro atoms. The molecule has 86 valence electrons. The van der Waals surface area contributed by atoms with Gasteiger partial charge in [-0.2, -0.15) is 0 Å². The molecule has 0 heterocycles. The SMILES string of the molecule is CN(C(=S)N(C(=O)O)C(C)(C)C)C1CC1. The van der Waals surface area contributed by atoms with Crippen molar-refractivity contribution in [1.82, 2.24) is 9.80 Å². The summed E-state index contributed by atoms with van der Waals surface area (Å²) in [5.74, 6) is 0. The Morgan fingerprint density at radius 3 is 2.13 bits per heavy atom. The number of amides is 1. The van der Waals surface area contributed by atoms with Crippen molar-refractivity contribution in [3.8, 4) is 0 Å². The minimum absolute atomic E-state index is 0.400. The third-order valence-corrected chi connectivity index (χ3v) is 2.92. The van der Waals surface area contributed by atoms with Crippen LogP contribution >= 0.6 is 12.2 Å². The van der Waals surface area contributed by atoms with E-state index < -0.39 is 11.6 Å². The van der Waals surface area contributed by atoms with Crippen LogP contribution in [0.15, 0.2) is 0 Å². The molecule has 15 heavy (non-hydrogen) atoms. The second kappa shape index (κ2) is 3.96. The van der Waals surface area contributed by atoms with E-state index in [4.69, 9.17) is 17.3 Å². The van der Waals surface area contributed by atoms with Crippen molar-refractivity contribution in [2.45, 2.75) is 45.2 Å². The van der Waals surface area contributed by atoms with E-state index in [1.54, 1.807) is 0 Å². The topological polar surface area (TPSA) is 43.8 Å². The van der Waals surface area contributed by atoms with Crippen molar-refractivity contribution in [3.63, 3.8) is 0 Å². The van der Waals surface area contributed by atoms with Gasteiger partial charge in [-0.1, -0.05) is 0 Å². The number of hydrogen-bond donors (Lipinski definition) is 1. The third-order valence-electron chi connectivity index (χ3n) is 2.45. The van der Waals surface area contributed by atoms with Gasteiger partial charge in [0.15, 0.2) is 5.11 Å². The lowest BCUT2D eigenvalue weighted by atomic mass is 10.1. The van der Waals surface area contributed by atoms with Gasteiger partial charge in [-0.15, -0.1) is 0 Å². The Labute approximate surface area is 95.9 Å². The Kier molecular flexibility index (Phi) is 3.23. The summed E-state index contributed by atoms with van der Waals surface area (Å²) in [7, 11) is 1.86. The number of hydrogen-bond acceptors (Lipinski definition) is 2. The van der Waals surface area contributed by atoms with Crippen LogP contribution in [0.25, 0.3) is 0 Å². The van der Waals surface area contributed by atoms with Crippen LogP contribution in [-0.2, 0) is 0 Å². The maximum atomic E-state index is 11.1. The van der Waals surface area contributed by atoms with Gasteiger partial charge in [0.2, 0.25) is 0 Å². The van der Waals surface area contributed by atoms with Crippen molar-refractivity contribution in [2.75, 3.05) is 7.05 Å². The highest BCUT2D eigenvalue weighted by atomic mass is 32.1. The fourth-order valence-corrected chi connectivity index (χ4v) is 1.93. The summed E-state index contributed by atoms with van der Waals surface area (Å²) in [6, 6.07) is 0.432. The zero-order valence-corrected chi connectivity index (χ0v) is 10.5. The van der Waals surface area contributed by atoms with Crippen LogP contribution < -0.4 is 0 Å². The molecule has 4 nitrogen and oxygen atoms in total. The summed E-state index contributed by atoms with van der Waals surface area (Å²) in [4.78, 5) is 14.3. The highest BCUT2D eigenvalue weighted by Gasteiger charge is 2.36. The lowest BCUT2D eigenvalue weighted by molar-refractivity contribution is 0.135. The van der Waals surface area contributed by atoms with E-state index in [1.165, 1.54) is 4.90 Å². The van der Waals surface area contributed by atoms with Crippen LogP contribution in [-0.4, -0.2) is 44.7 Å². The second-order valence-electron chi connectivity index (χ2n) is 4.91. The van der Waals surface area contributed by atoms with Gasteiger partial charge in [-0.05, 0) is 45.8 Å². The summed E-state index contributed by atoms with van der Waals surface area (Å²) < 4.78 is 0. The Bertz CT molecular complexity index is 282. The molecule has 0 aromatic carbocycles. The van der Waals surface area contributed by atoms with Crippen molar-refractivity contribution >= 4 is 23.4 Å². The van der Waals surface area contributed by atoms with E-state index >= 15 is 0 Å². The predicted molar refractivity (Wildman–Crippen MR) is 63.0 cm³/mol. The second-order valence-corrected chi connectivity index (χ2v) is 5.28. The number of rotatable bonds is 1. The monoisotopic (exact) mass is 230 g/mol. The number of carbonyl (C=O) groups is 1. The first kappa shape index (κ1) is 12.2. The molecular weight excluding hydrogens is 212 g/mol. The van der Waals surface area contributed by atoms with Crippen molar-refractivity contribution < 1.29 is 9.90 Å². The molecule has 0 radical (unpaired) electrons. The van der Waals surface area contributed by atoms with Gasteiger partial charge in [-0.25, -0.2) is 9.69 Å². The molecule has 1 rings (SSSR count). The molecule has 1 aliphatic carbocycles. The van der Waals surface area contributed by atoms with E-state index in [2.05, 4.69) is 0 Å². The van der Waals surface area contributed by atoms with E-state index in [1.807, 2.05) is 32.7 Å². The Morgan fingerprint density at radius 1 is 1.40 bits per heavy atom. The van der Waals surface area contributed by atoms with E-state index in [9.17, 15) is 4.79 Å². The van der Waals surface area contributed by atoms with Crippen molar-refractivity contribution in [3.05, 3.63) is 0 Å². The fraction of sp³-hybridized carbons (Fsp3) is 0.800. The lowest BCUT2D eigenvalue weighted by Gasteiger charge is -2.36. The zero-order valence-electron chi connectivity index (χ0n) is 9.65. The van der Waals surface area contributed by atoms with Crippen LogP contribution in [0.2, 0.25) is 0 Å². The molecule has 1 amide bonds. The summed E-state index contributed by atoms with van der Waals surface area (Å²) >= 11 is 5.21. The number of carboxylic acid groups (broad SMARTS) is 1. The Morgan fingerprint density at radius 2 is 1.87 bits per heavy atom. The molecule has 0 atom stereocenters. The molecule has 0 bridgehead atoms. The molecule has 0 aromatic rings. The maximum absolute atomic E-state index is 11.1. The maximum Gasteiger partial charge on any atom is 0.414 e. The van der Waals surface area contributed by atoms with Crippen molar-refractivity contribution in [2.24, 2.45) is 0 Å². The highest BCUT2D eigenvalue weighted by molar-refractivity contribution is 7.80. The average Bonchev–Trinajstić information content (AvgIpc) is 2.81. The van der Waals surface area contributed by atoms with Gasteiger partial charge in [0.05, 0.1) is 0 Å². The van der Waals surface area contributed by atoms with Crippen LogP contribution in [0.1, 0.15) is 33.6 Å². The summed E-state index contributed by atoms with van der Waals surface area (Å²) in [5, 5.41) is 9.54. The normalized spacial score (nSPS) is 16.0. The molecule has 0 saturated heterocycles. The molecule has 1 fully saturated rings. The molecule has 0 aromatic heterocycles. The van der Waals surface area contributed by atoms with Gasteiger partial charge in [0.1, 0.15) is 0 Å². The van der Waals surface area contributed by atoms with Crippen LogP contribution in [0, 0.1) is 0 Å². The van der Waals surface area contributed by atoms with E-state index in [-0.39, 0.29) is 0 Å². The Hall–Kier alpha value is -0.840. The fourth-order valence-electron chi connectivity index (χ4n) is 1.43. The zero-order chi connectivity index (χ0) is 11.8. The first-order chi connectivity index (χ1) is 6.75. The largest absolute Gasteiger partial charge is 0.465 e. The summed E-state index contributed by atoms with van der Waals surface area (Å²) in [6.07, 6.45) is 1.22. The lowest BCUT2D eigenvalue weighted by Crippen LogP contribution is -2.53. The number of nitrogens with zero attached hydrogens (tertiary/aromatic N) is 2. The third kappa shape index (κ3) is 2.81. The minimum Gasteiger partial charge on any atom is -0.465 e. The van der Waals surface area contributed by atoms with Gasteiger partial charge in [-0.3, -0.25) is 0 Å². The van der Waals surface area contributed by atoms with Crippen molar-refractivity contribution in [1.29, 1.82) is 0 Å². The summed E-state index contributed by atoms with van der Waals surface area (Å²) in [5.41, 5.74) is -0.494. The van der Waals surface area contributed by atoms with Gasteiger partial charge in [0, 0.05) is 18.6 Å². The van der Waals surface area contributed by atoms with E-state index in [0.29, 0.717) is 11.2 Å². The van der Waals surface area contributed by atoms with Gasteiger partial charge < -0.3 is 10.0 Å². The summed E-state index contributed by atoms with van der Waals surface area (Å²) in [6.45, 7) is 5.52. The first-order valence-electron chi connectivity index (χ1n) is 5.05. The van der Waals surface area contributed by atoms with E-state index in [0.717, 1.165) is 12.8 Å². The van der Waals surface area contributed by atoms with Gasteiger partial charge >= 0.3 is 6.09 Å². The highest BCUT2D eigenvalue weighted by Crippen LogP contribution is 2.28. The Balaban J connectivity index is 2.80. The molecule has 1 aliphatic rings. The quantitative estimate of drug-likeness (QED) is 0.701. The van der Waals surface area contributed by atoms with Gasteiger partial charge in [0.25, 0.3) is 0 Å².